The molecule has 0 fully saturated rings. The van der Waals surface area contributed by atoms with Gasteiger partial charge >= 0.3 is 11.9 Å². The number of hydrogen-bond donors (Lipinski definition) is 1. The molecule has 1 N–H and O–H groups in total. The molecule has 0 aliphatic carbocycles. The fourth-order valence-corrected chi connectivity index (χ4v) is 5.32. The molecule has 2 aromatic heterocycles. The smallest absolute Gasteiger partial charge is 0.348 e. The Labute approximate surface area is 223 Å². The molecule has 0 saturated carbocycles. The Balaban J connectivity index is 1.72. The van der Waals surface area contributed by atoms with Crippen molar-refractivity contribution in [2.75, 3.05) is 31.9 Å². The average Bonchev–Trinajstić information content (AvgIpc) is 3.45. The van der Waals surface area contributed by atoms with Crippen molar-refractivity contribution in [3.63, 3.8) is 0 Å². The van der Waals surface area contributed by atoms with Crippen LogP contribution in [0.25, 0.3) is 11.4 Å². The number of esters is 2. The summed E-state index contributed by atoms with van der Waals surface area (Å²) in [6.45, 7) is 9.02. The normalized spacial score (nSPS) is 10.9. The van der Waals surface area contributed by atoms with E-state index in [9.17, 15) is 14.4 Å². The Morgan fingerprint density at radius 2 is 1.76 bits per heavy atom. The first-order valence-electron chi connectivity index (χ1n) is 11.6. The highest BCUT2D eigenvalue weighted by Gasteiger charge is 2.27. The second-order valence-corrected chi connectivity index (χ2v) is 10.3. The Hall–Kier alpha value is -3.38. The van der Waals surface area contributed by atoms with Crippen LogP contribution in [-0.2, 0) is 20.8 Å². The van der Waals surface area contributed by atoms with Crippen molar-refractivity contribution < 1.29 is 28.6 Å². The van der Waals surface area contributed by atoms with Crippen LogP contribution in [-0.4, -0.2) is 59.2 Å². The number of hydrogen-bond acceptors (Lipinski definition) is 10. The molecule has 3 aromatic rings. The summed E-state index contributed by atoms with van der Waals surface area (Å²) in [7, 11) is 2.49. The number of benzene rings is 1. The summed E-state index contributed by atoms with van der Waals surface area (Å²) in [6.07, 6.45) is 0. The van der Waals surface area contributed by atoms with Crippen LogP contribution in [0.1, 0.15) is 46.4 Å². The minimum Gasteiger partial charge on any atom is -0.493 e. The highest BCUT2D eigenvalue weighted by atomic mass is 32.2. The van der Waals surface area contributed by atoms with E-state index >= 15 is 0 Å². The molecule has 12 heteroatoms. The fourth-order valence-electron chi connectivity index (χ4n) is 3.39. The lowest BCUT2D eigenvalue weighted by Crippen LogP contribution is -2.16. The number of ether oxygens (including phenoxy) is 3. The summed E-state index contributed by atoms with van der Waals surface area (Å²) >= 11 is 2.19. The van der Waals surface area contributed by atoms with E-state index < -0.39 is 11.9 Å². The zero-order chi connectivity index (χ0) is 27.1. The lowest BCUT2D eigenvalue weighted by atomic mass is 10.1. The highest BCUT2D eigenvalue weighted by molar-refractivity contribution is 7.99. The standard InChI is InChI=1S/C25H30N4O6S2/c1-7-29-21(16-8-10-17(11-9-16)35-12-14(2)3)27-28-25(29)36-13-18(30)26-22-19(23(31)33-5)15(4)20(37-22)24(32)34-6/h8-11,14H,7,12-13H2,1-6H3,(H,26,30). The van der Waals surface area contributed by atoms with Gasteiger partial charge in [-0.15, -0.1) is 21.5 Å². The van der Waals surface area contributed by atoms with Gasteiger partial charge in [-0.3, -0.25) is 4.79 Å². The molecule has 0 atom stereocenters. The largest absolute Gasteiger partial charge is 0.493 e. The molecule has 37 heavy (non-hydrogen) atoms. The molecule has 1 aromatic carbocycles. The predicted octanol–water partition coefficient (Wildman–Crippen LogP) is 4.67. The number of rotatable bonds is 11. The number of carbonyl (C=O) groups excluding carboxylic acids is 3. The number of nitrogens with zero attached hydrogens (tertiary/aromatic N) is 3. The van der Waals surface area contributed by atoms with Gasteiger partial charge in [0.2, 0.25) is 5.91 Å². The third-order valence-electron chi connectivity index (χ3n) is 5.22. The zero-order valence-corrected chi connectivity index (χ0v) is 23.2. The molecule has 0 radical (unpaired) electrons. The second kappa shape index (κ2) is 12.7. The third kappa shape index (κ3) is 6.69. The topological polar surface area (TPSA) is 122 Å². The zero-order valence-electron chi connectivity index (χ0n) is 21.6. The number of nitrogens with one attached hydrogen (secondary N) is 1. The van der Waals surface area contributed by atoms with Gasteiger partial charge in [-0.1, -0.05) is 25.6 Å². The lowest BCUT2D eigenvalue weighted by molar-refractivity contribution is -0.113. The molecule has 0 bridgehead atoms. The van der Waals surface area contributed by atoms with E-state index in [0.717, 1.165) is 22.6 Å². The summed E-state index contributed by atoms with van der Waals surface area (Å²) in [5.41, 5.74) is 1.41. The first-order valence-corrected chi connectivity index (χ1v) is 13.4. The maximum Gasteiger partial charge on any atom is 0.348 e. The molecule has 0 aliphatic rings. The van der Waals surface area contributed by atoms with Crippen molar-refractivity contribution >= 4 is 45.9 Å². The average molecular weight is 547 g/mol. The highest BCUT2D eigenvalue weighted by Crippen LogP contribution is 2.34. The van der Waals surface area contributed by atoms with E-state index in [-0.39, 0.29) is 27.1 Å². The van der Waals surface area contributed by atoms with Gasteiger partial charge in [-0.05, 0) is 49.6 Å². The van der Waals surface area contributed by atoms with Gasteiger partial charge in [0.1, 0.15) is 15.6 Å². The number of aromatic nitrogens is 3. The molecule has 3 rings (SSSR count). The Bertz CT molecular complexity index is 1270. The number of methoxy groups -OCH3 is 2. The van der Waals surface area contributed by atoms with Crippen molar-refractivity contribution in [1.82, 2.24) is 14.8 Å². The van der Waals surface area contributed by atoms with Crippen LogP contribution in [0.4, 0.5) is 5.00 Å². The number of thioether (sulfide) groups is 1. The second-order valence-electron chi connectivity index (χ2n) is 8.36. The summed E-state index contributed by atoms with van der Waals surface area (Å²) in [6, 6.07) is 7.66. The van der Waals surface area contributed by atoms with Crippen molar-refractivity contribution in [1.29, 1.82) is 0 Å². The molecule has 0 saturated heterocycles. The molecular weight excluding hydrogens is 516 g/mol. The van der Waals surface area contributed by atoms with Gasteiger partial charge in [-0.25, -0.2) is 9.59 Å². The monoisotopic (exact) mass is 546 g/mol. The molecule has 0 unspecified atom stereocenters. The van der Waals surface area contributed by atoms with E-state index in [0.29, 0.717) is 35.6 Å². The van der Waals surface area contributed by atoms with E-state index in [4.69, 9.17) is 14.2 Å². The van der Waals surface area contributed by atoms with Crippen molar-refractivity contribution in [2.45, 2.75) is 39.4 Å². The molecular formula is C25H30N4O6S2. The molecule has 1 amide bonds. The summed E-state index contributed by atoms with van der Waals surface area (Å²) in [5.74, 6) is 0.318. The van der Waals surface area contributed by atoms with Crippen LogP contribution in [0.3, 0.4) is 0 Å². The number of carbonyl (C=O) groups is 3. The van der Waals surface area contributed by atoms with Gasteiger partial charge in [0, 0.05) is 12.1 Å². The van der Waals surface area contributed by atoms with Gasteiger partial charge in [0.05, 0.1) is 32.1 Å². The maximum absolute atomic E-state index is 12.8. The van der Waals surface area contributed by atoms with Crippen LogP contribution < -0.4 is 10.1 Å². The first-order chi connectivity index (χ1) is 17.7. The Kier molecular flexibility index (Phi) is 9.70. The number of amides is 1. The Morgan fingerprint density at radius 3 is 2.35 bits per heavy atom. The van der Waals surface area contributed by atoms with Gasteiger partial charge in [-0.2, -0.15) is 0 Å². The summed E-state index contributed by atoms with van der Waals surface area (Å²) in [5, 5.41) is 12.1. The fraction of sp³-hybridized carbons (Fsp3) is 0.400. The van der Waals surface area contributed by atoms with E-state index in [1.165, 1.54) is 26.0 Å². The molecule has 0 spiro atoms. The van der Waals surface area contributed by atoms with Crippen LogP contribution >= 0.6 is 23.1 Å². The maximum atomic E-state index is 12.8. The lowest BCUT2D eigenvalue weighted by Gasteiger charge is -2.10. The molecule has 2 heterocycles. The third-order valence-corrected chi connectivity index (χ3v) is 7.38. The van der Waals surface area contributed by atoms with Crippen LogP contribution in [0.2, 0.25) is 0 Å². The van der Waals surface area contributed by atoms with Crippen LogP contribution in [0.5, 0.6) is 5.75 Å². The SMILES string of the molecule is CCn1c(SCC(=O)Nc2sc(C(=O)OC)c(C)c2C(=O)OC)nnc1-c1ccc(OCC(C)C)cc1. The van der Waals surface area contributed by atoms with Crippen molar-refractivity contribution in [3.05, 3.63) is 40.3 Å². The van der Waals surface area contributed by atoms with Crippen molar-refractivity contribution in [2.24, 2.45) is 5.92 Å². The minimum atomic E-state index is -0.650. The minimum absolute atomic E-state index is 0.0191. The number of anilines is 1. The van der Waals surface area contributed by atoms with Crippen molar-refractivity contribution in [3.8, 4) is 17.1 Å². The van der Waals surface area contributed by atoms with E-state index in [1.54, 1.807) is 6.92 Å². The summed E-state index contributed by atoms with van der Waals surface area (Å²) < 4.78 is 17.3. The van der Waals surface area contributed by atoms with Gasteiger partial charge < -0.3 is 24.1 Å². The summed E-state index contributed by atoms with van der Waals surface area (Å²) in [4.78, 5) is 37.4. The molecule has 198 valence electrons. The molecule has 0 aliphatic heterocycles. The van der Waals surface area contributed by atoms with Crippen LogP contribution in [0, 0.1) is 12.8 Å². The van der Waals surface area contributed by atoms with Gasteiger partial charge in [0.15, 0.2) is 11.0 Å². The van der Waals surface area contributed by atoms with E-state index in [1.807, 2.05) is 35.8 Å². The number of thiophene rings is 1. The van der Waals surface area contributed by atoms with Gasteiger partial charge in [0.25, 0.3) is 0 Å². The van der Waals surface area contributed by atoms with E-state index in [2.05, 4.69) is 29.4 Å². The molecule has 10 nitrogen and oxygen atoms in total. The van der Waals surface area contributed by atoms with Crippen LogP contribution in [0.15, 0.2) is 29.4 Å². The quantitative estimate of drug-likeness (QED) is 0.270. The Morgan fingerprint density at radius 1 is 1.08 bits per heavy atom. The predicted molar refractivity (Wildman–Crippen MR) is 143 cm³/mol. The first kappa shape index (κ1) is 28.2.